The molecule has 0 saturated carbocycles. The second-order valence-corrected chi connectivity index (χ2v) is 6.91. The number of nitrogens with zero attached hydrogens (tertiary/aromatic N) is 1. The summed E-state index contributed by atoms with van der Waals surface area (Å²) in [5.74, 6) is 0.256. The van der Waals surface area contributed by atoms with Crippen LogP contribution in [0, 0.1) is 0 Å². The molecule has 0 aliphatic carbocycles. The van der Waals surface area contributed by atoms with Gasteiger partial charge in [-0.15, -0.1) is 0 Å². The number of hydrogen-bond acceptors (Lipinski definition) is 6. The fourth-order valence-corrected chi connectivity index (χ4v) is 3.46. The van der Waals surface area contributed by atoms with E-state index >= 15 is 0 Å². The first kappa shape index (κ1) is 16.9. The van der Waals surface area contributed by atoms with Crippen LogP contribution in [-0.2, 0) is 17.1 Å². The number of oxazole rings is 1. The molecule has 1 aromatic heterocycles. The fraction of sp³-hybridized carbons (Fsp3) is 0.188. The zero-order chi connectivity index (χ0) is 18.2. The Balaban J connectivity index is 2.04. The molecule has 132 valence electrons. The van der Waals surface area contributed by atoms with Gasteiger partial charge in [0, 0.05) is 19.2 Å². The molecule has 8 nitrogen and oxygen atoms in total. The molecular weight excluding hydrogens is 348 g/mol. The van der Waals surface area contributed by atoms with E-state index in [4.69, 9.17) is 13.9 Å². The van der Waals surface area contributed by atoms with Crippen molar-refractivity contribution in [3.8, 4) is 11.5 Å². The zero-order valence-corrected chi connectivity index (χ0v) is 14.6. The van der Waals surface area contributed by atoms with Crippen LogP contribution in [0.4, 0.5) is 5.69 Å². The molecule has 25 heavy (non-hydrogen) atoms. The van der Waals surface area contributed by atoms with Gasteiger partial charge >= 0.3 is 5.76 Å². The second kappa shape index (κ2) is 6.17. The number of anilines is 1. The molecule has 3 aromatic rings. The maximum atomic E-state index is 12.7. The topological polar surface area (TPSA) is 99.8 Å². The van der Waals surface area contributed by atoms with E-state index in [0.29, 0.717) is 17.0 Å². The van der Waals surface area contributed by atoms with Gasteiger partial charge < -0.3 is 13.9 Å². The molecule has 2 aromatic carbocycles. The Morgan fingerprint density at radius 3 is 2.52 bits per heavy atom. The van der Waals surface area contributed by atoms with Crippen molar-refractivity contribution >= 4 is 26.8 Å². The highest BCUT2D eigenvalue weighted by Crippen LogP contribution is 2.31. The normalized spacial score (nSPS) is 11.5. The third-order valence-corrected chi connectivity index (χ3v) is 5.09. The van der Waals surface area contributed by atoms with E-state index in [-0.39, 0.29) is 16.2 Å². The van der Waals surface area contributed by atoms with Gasteiger partial charge in [-0.25, -0.2) is 13.2 Å². The Kier molecular flexibility index (Phi) is 4.17. The van der Waals surface area contributed by atoms with E-state index < -0.39 is 15.8 Å². The Morgan fingerprint density at radius 1 is 1.08 bits per heavy atom. The summed E-state index contributed by atoms with van der Waals surface area (Å²) in [6.07, 6.45) is 0. The molecule has 0 aliphatic rings. The third kappa shape index (κ3) is 3.05. The van der Waals surface area contributed by atoms with Crippen LogP contribution in [0.5, 0.6) is 11.5 Å². The number of methoxy groups -OCH3 is 2. The van der Waals surface area contributed by atoms with Gasteiger partial charge in [-0.3, -0.25) is 9.29 Å². The van der Waals surface area contributed by atoms with Crippen LogP contribution in [0.2, 0.25) is 0 Å². The molecule has 3 rings (SSSR count). The van der Waals surface area contributed by atoms with Crippen LogP contribution in [0.15, 0.2) is 50.5 Å². The summed E-state index contributed by atoms with van der Waals surface area (Å²) >= 11 is 0. The van der Waals surface area contributed by atoms with Gasteiger partial charge in [-0.1, -0.05) is 0 Å². The van der Waals surface area contributed by atoms with Gasteiger partial charge in [0.05, 0.1) is 30.3 Å². The average Bonchev–Trinajstić information content (AvgIpc) is 2.88. The standard InChI is InChI=1S/C16H16N2O6S/c1-18-13-6-5-11(9-15(13)24-16(18)19)25(20,21)17-12-8-10(22-2)4-7-14(12)23-3/h4-9,17H,1-3H3. The minimum Gasteiger partial charge on any atom is -0.497 e. The monoisotopic (exact) mass is 364 g/mol. The van der Waals surface area contributed by atoms with Crippen molar-refractivity contribution in [1.29, 1.82) is 0 Å². The molecule has 1 heterocycles. The molecule has 0 saturated heterocycles. The van der Waals surface area contributed by atoms with Crippen LogP contribution in [0.25, 0.3) is 11.1 Å². The van der Waals surface area contributed by atoms with Gasteiger partial charge in [0.15, 0.2) is 5.58 Å². The summed E-state index contributed by atoms with van der Waals surface area (Å²) in [5, 5.41) is 0. The van der Waals surface area contributed by atoms with Crippen LogP contribution >= 0.6 is 0 Å². The Bertz CT molecular complexity index is 1100. The molecule has 0 unspecified atom stereocenters. The predicted molar refractivity (Wildman–Crippen MR) is 91.8 cm³/mol. The third-order valence-electron chi connectivity index (χ3n) is 3.73. The number of fused-ring (bicyclic) bond motifs is 1. The van der Waals surface area contributed by atoms with E-state index in [1.54, 1.807) is 19.2 Å². The lowest BCUT2D eigenvalue weighted by Crippen LogP contribution is -2.13. The van der Waals surface area contributed by atoms with Crippen LogP contribution in [-0.4, -0.2) is 27.2 Å². The highest BCUT2D eigenvalue weighted by Gasteiger charge is 2.19. The first-order valence-electron chi connectivity index (χ1n) is 7.20. The molecule has 1 N–H and O–H groups in total. The van der Waals surface area contributed by atoms with Gasteiger partial charge in [-0.2, -0.15) is 0 Å². The minimum atomic E-state index is -3.92. The van der Waals surface area contributed by atoms with Gasteiger partial charge in [0.2, 0.25) is 0 Å². The first-order valence-corrected chi connectivity index (χ1v) is 8.68. The molecule has 0 amide bonds. The summed E-state index contributed by atoms with van der Waals surface area (Å²) in [5.41, 5.74) is 0.923. The van der Waals surface area contributed by atoms with Crippen molar-refractivity contribution in [1.82, 2.24) is 4.57 Å². The highest BCUT2D eigenvalue weighted by molar-refractivity contribution is 7.92. The lowest BCUT2D eigenvalue weighted by Gasteiger charge is -2.13. The number of aromatic nitrogens is 1. The number of nitrogens with one attached hydrogen (secondary N) is 1. The summed E-state index contributed by atoms with van der Waals surface area (Å²) in [6.45, 7) is 0. The van der Waals surface area contributed by atoms with Crippen molar-refractivity contribution in [3.05, 3.63) is 46.9 Å². The molecular formula is C16H16N2O6S. The lowest BCUT2D eigenvalue weighted by atomic mass is 10.3. The van der Waals surface area contributed by atoms with Crippen molar-refractivity contribution in [3.63, 3.8) is 0 Å². The SMILES string of the molecule is COc1ccc(OC)c(NS(=O)(=O)c2ccc3c(c2)oc(=O)n3C)c1. The summed E-state index contributed by atoms with van der Waals surface area (Å²) in [6, 6.07) is 8.96. The van der Waals surface area contributed by atoms with Crippen molar-refractivity contribution in [2.45, 2.75) is 4.90 Å². The van der Waals surface area contributed by atoms with E-state index in [0.717, 1.165) is 0 Å². The number of benzene rings is 2. The summed E-state index contributed by atoms with van der Waals surface area (Å²) in [4.78, 5) is 11.5. The smallest absolute Gasteiger partial charge is 0.419 e. The minimum absolute atomic E-state index is 0.0424. The maximum absolute atomic E-state index is 12.7. The summed E-state index contributed by atoms with van der Waals surface area (Å²) in [7, 11) is 0.533. The Hall–Kier alpha value is -2.94. The predicted octanol–water partition coefficient (Wildman–Crippen LogP) is 1.95. The zero-order valence-electron chi connectivity index (χ0n) is 13.8. The van der Waals surface area contributed by atoms with Crippen molar-refractivity contribution < 1.29 is 22.3 Å². The summed E-state index contributed by atoms with van der Waals surface area (Å²) < 4.78 is 44.4. The number of aryl methyl sites for hydroxylation is 1. The van der Waals surface area contributed by atoms with Gasteiger partial charge in [0.25, 0.3) is 10.0 Å². The fourth-order valence-electron chi connectivity index (χ4n) is 2.38. The lowest BCUT2D eigenvalue weighted by molar-refractivity contribution is 0.405. The molecule has 0 aliphatic heterocycles. The first-order chi connectivity index (χ1) is 11.9. The van der Waals surface area contributed by atoms with Crippen molar-refractivity contribution in [2.24, 2.45) is 7.05 Å². The van der Waals surface area contributed by atoms with Crippen LogP contribution < -0.4 is 20.0 Å². The second-order valence-electron chi connectivity index (χ2n) is 5.23. The number of ether oxygens (including phenoxy) is 2. The molecule has 0 atom stereocenters. The molecule has 0 spiro atoms. The van der Waals surface area contributed by atoms with E-state index in [2.05, 4.69) is 4.72 Å². The van der Waals surface area contributed by atoms with E-state index in [1.165, 1.54) is 43.1 Å². The van der Waals surface area contributed by atoms with Gasteiger partial charge in [0.1, 0.15) is 11.5 Å². The maximum Gasteiger partial charge on any atom is 0.419 e. The Morgan fingerprint density at radius 2 is 1.84 bits per heavy atom. The van der Waals surface area contributed by atoms with Crippen LogP contribution in [0.1, 0.15) is 0 Å². The van der Waals surface area contributed by atoms with E-state index in [9.17, 15) is 13.2 Å². The molecule has 9 heteroatoms. The highest BCUT2D eigenvalue weighted by atomic mass is 32.2. The quantitative estimate of drug-likeness (QED) is 0.743. The molecule has 0 bridgehead atoms. The van der Waals surface area contributed by atoms with E-state index in [1.807, 2.05) is 0 Å². The van der Waals surface area contributed by atoms with Crippen LogP contribution in [0.3, 0.4) is 0 Å². The largest absolute Gasteiger partial charge is 0.497 e. The molecule has 0 radical (unpaired) electrons. The molecule has 0 fully saturated rings. The number of rotatable bonds is 5. The average molecular weight is 364 g/mol. The number of sulfonamides is 1. The number of hydrogen-bond donors (Lipinski definition) is 1. The Labute approximate surface area is 143 Å². The van der Waals surface area contributed by atoms with Gasteiger partial charge in [-0.05, 0) is 24.3 Å². The van der Waals surface area contributed by atoms with Crippen molar-refractivity contribution in [2.75, 3.05) is 18.9 Å².